The van der Waals surface area contributed by atoms with Gasteiger partial charge in [0, 0.05) is 39.2 Å². The third kappa shape index (κ3) is 3.43. The number of hydrogen-bond acceptors (Lipinski definition) is 0. The van der Waals surface area contributed by atoms with Crippen LogP contribution in [0.15, 0.2) is 158 Å². The smallest absolute Gasteiger partial charge is 0.0635 e. The minimum absolute atomic E-state index is 1.16. The van der Waals surface area contributed by atoms with Crippen molar-refractivity contribution in [3.63, 3.8) is 0 Å². The molecule has 0 amide bonds. The van der Waals surface area contributed by atoms with Gasteiger partial charge in [0.1, 0.15) is 0 Å². The van der Waals surface area contributed by atoms with Gasteiger partial charge >= 0.3 is 0 Å². The fourth-order valence-electron chi connectivity index (χ4n) is 6.21. The van der Waals surface area contributed by atoms with Crippen LogP contribution in [0, 0.1) is 0 Å². The predicted molar refractivity (Wildman–Crippen MR) is 168 cm³/mol. The molecule has 0 aliphatic heterocycles. The van der Waals surface area contributed by atoms with Crippen molar-refractivity contribution in [3.8, 4) is 33.6 Å². The topological polar surface area (TPSA) is 9.86 Å². The van der Waals surface area contributed by atoms with E-state index in [4.69, 9.17) is 0 Å². The van der Waals surface area contributed by atoms with E-state index in [0.29, 0.717) is 0 Å². The lowest BCUT2D eigenvalue weighted by atomic mass is 9.95. The highest BCUT2D eigenvalue weighted by molar-refractivity contribution is 6.19. The molecule has 2 nitrogen and oxygen atoms in total. The Balaban J connectivity index is 1.56. The van der Waals surface area contributed by atoms with E-state index in [1.165, 1.54) is 60.6 Å². The zero-order valence-electron chi connectivity index (χ0n) is 21.9. The summed E-state index contributed by atoms with van der Waals surface area (Å²) in [7, 11) is 0. The summed E-state index contributed by atoms with van der Waals surface area (Å²) in [5.74, 6) is 0. The standard InChI is InChI=1S/C38H26N2/c1-4-13-27(14-5-1)30-20-12-21-31(28-15-6-2-7-16-28)37(30)40-36-22-11-10-19-32(36)33-23-24-35-34(38(33)40)25-26-39(35)29-17-8-3-9-18-29/h1-26H. The SMILES string of the molecule is c1ccc(-c2cccc(-c3ccccc3)c2-n2c3ccccc3c3ccc4c(ccn4-c4ccccc4)c32)cc1. The zero-order valence-corrected chi connectivity index (χ0v) is 21.9. The van der Waals surface area contributed by atoms with Crippen molar-refractivity contribution in [3.05, 3.63) is 158 Å². The lowest BCUT2D eigenvalue weighted by Crippen LogP contribution is -2.01. The Hall–Kier alpha value is -5.34. The van der Waals surface area contributed by atoms with Gasteiger partial charge in [-0.25, -0.2) is 0 Å². The van der Waals surface area contributed by atoms with Crippen LogP contribution in [0.1, 0.15) is 0 Å². The summed E-state index contributed by atoms with van der Waals surface area (Å²) in [4.78, 5) is 0. The molecule has 188 valence electrons. The minimum atomic E-state index is 1.16. The Morgan fingerprint density at radius 3 is 1.65 bits per heavy atom. The molecule has 2 aromatic heterocycles. The van der Waals surface area contributed by atoms with Crippen molar-refractivity contribution in [1.29, 1.82) is 0 Å². The highest BCUT2D eigenvalue weighted by Gasteiger charge is 2.21. The van der Waals surface area contributed by atoms with Gasteiger partial charge in [-0.3, -0.25) is 0 Å². The van der Waals surface area contributed by atoms with E-state index in [-0.39, 0.29) is 0 Å². The molecule has 0 radical (unpaired) electrons. The molecule has 0 saturated heterocycles. The maximum Gasteiger partial charge on any atom is 0.0635 e. The fourth-order valence-corrected chi connectivity index (χ4v) is 6.21. The molecule has 0 unspecified atom stereocenters. The molecule has 0 aliphatic carbocycles. The number of aromatic nitrogens is 2. The van der Waals surface area contributed by atoms with Gasteiger partial charge in [-0.2, -0.15) is 0 Å². The molecule has 0 atom stereocenters. The highest BCUT2D eigenvalue weighted by Crippen LogP contribution is 2.43. The van der Waals surface area contributed by atoms with Gasteiger partial charge in [-0.15, -0.1) is 0 Å². The average molecular weight is 511 g/mol. The molecule has 0 N–H and O–H groups in total. The predicted octanol–water partition coefficient (Wildman–Crippen LogP) is 10.1. The zero-order chi connectivity index (χ0) is 26.5. The Labute approximate surface area is 233 Å². The average Bonchev–Trinajstić information content (AvgIpc) is 3.61. The molecular formula is C38H26N2. The van der Waals surface area contributed by atoms with E-state index < -0.39 is 0 Å². The summed E-state index contributed by atoms with van der Waals surface area (Å²) >= 11 is 0. The molecule has 0 spiro atoms. The van der Waals surface area contributed by atoms with Crippen LogP contribution in [-0.4, -0.2) is 9.13 Å². The second-order valence-corrected chi connectivity index (χ2v) is 10.2. The van der Waals surface area contributed by atoms with Gasteiger partial charge in [0.05, 0.1) is 22.2 Å². The first-order valence-corrected chi connectivity index (χ1v) is 13.7. The molecule has 40 heavy (non-hydrogen) atoms. The molecule has 0 bridgehead atoms. The Kier molecular flexibility index (Phi) is 5.17. The normalized spacial score (nSPS) is 11.5. The minimum Gasteiger partial charge on any atom is -0.316 e. The van der Waals surface area contributed by atoms with Crippen LogP contribution >= 0.6 is 0 Å². The van der Waals surface area contributed by atoms with Crippen molar-refractivity contribution in [2.75, 3.05) is 0 Å². The van der Waals surface area contributed by atoms with Crippen molar-refractivity contribution in [2.24, 2.45) is 0 Å². The maximum atomic E-state index is 2.51. The molecule has 2 heteroatoms. The highest BCUT2D eigenvalue weighted by atomic mass is 15.0. The molecule has 8 rings (SSSR count). The van der Waals surface area contributed by atoms with Crippen LogP contribution in [0.2, 0.25) is 0 Å². The van der Waals surface area contributed by atoms with E-state index in [1.54, 1.807) is 0 Å². The summed E-state index contributed by atoms with van der Waals surface area (Å²) in [5.41, 5.74) is 10.8. The molecule has 8 aromatic rings. The van der Waals surface area contributed by atoms with Gasteiger partial charge in [-0.1, -0.05) is 121 Å². The lowest BCUT2D eigenvalue weighted by molar-refractivity contribution is 1.13. The van der Waals surface area contributed by atoms with Crippen molar-refractivity contribution < 1.29 is 0 Å². The second kappa shape index (κ2) is 9.14. The summed E-state index contributed by atoms with van der Waals surface area (Å²) in [5, 5.41) is 3.75. The van der Waals surface area contributed by atoms with E-state index in [1.807, 2.05) is 0 Å². The molecule has 6 aromatic carbocycles. The Morgan fingerprint density at radius 1 is 0.375 bits per heavy atom. The Bertz CT molecular complexity index is 2080. The van der Waals surface area contributed by atoms with Crippen LogP contribution in [-0.2, 0) is 0 Å². The fraction of sp³-hybridized carbons (Fsp3) is 0. The molecule has 0 saturated carbocycles. The van der Waals surface area contributed by atoms with Crippen molar-refractivity contribution in [1.82, 2.24) is 9.13 Å². The van der Waals surface area contributed by atoms with Crippen LogP contribution in [0.4, 0.5) is 0 Å². The third-order valence-corrected chi connectivity index (χ3v) is 7.97. The van der Waals surface area contributed by atoms with Crippen molar-refractivity contribution >= 4 is 32.7 Å². The number of rotatable bonds is 4. The van der Waals surface area contributed by atoms with E-state index in [2.05, 4.69) is 167 Å². The third-order valence-electron chi connectivity index (χ3n) is 7.97. The molecule has 0 fully saturated rings. The van der Waals surface area contributed by atoms with Gasteiger partial charge in [0.25, 0.3) is 0 Å². The lowest BCUT2D eigenvalue weighted by Gasteiger charge is -2.19. The van der Waals surface area contributed by atoms with E-state index in [0.717, 1.165) is 5.69 Å². The quantitative estimate of drug-likeness (QED) is 0.223. The summed E-state index contributed by atoms with van der Waals surface area (Å²) < 4.78 is 4.80. The van der Waals surface area contributed by atoms with E-state index in [9.17, 15) is 0 Å². The van der Waals surface area contributed by atoms with Crippen LogP contribution in [0.25, 0.3) is 66.3 Å². The van der Waals surface area contributed by atoms with Crippen molar-refractivity contribution in [2.45, 2.75) is 0 Å². The van der Waals surface area contributed by atoms with Crippen LogP contribution < -0.4 is 0 Å². The van der Waals surface area contributed by atoms with Crippen LogP contribution in [0.5, 0.6) is 0 Å². The summed E-state index contributed by atoms with van der Waals surface area (Å²) in [6, 6.07) is 54.4. The number of nitrogens with zero attached hydrogens (tertiary/aromatic N) is 2. The van der Waals surface area contributed by atoms with Gasteiger partial charge < -0.3 is 9.13 Å². The Morgan fingerprint density at radius 2 is 0.975 bits per heavy atom. The first kappa shape index (κ1) is 22.6. The summed E-state index contributed by atoms with van der Waals surface area (Å²) in [6.07, 6.45) is 2.20. The monoisotopic (exact) mass is 510 g/mol. The number of benzene rings is 6. The molecule has 0 aliphatic rings. The number of hydrogen-bond donors (Lipinski definition) is 0. The van der Waals surface area contributed by atoms with Gasteiger partial charge in [-0.05, 0) is 41.5 Å². The van der Waals surface area contributed by atoms with Gasteiger partial charge in [0.2, 0.25) is 0 Å². The molecular weight excluding hydrogens is 484 g/mol. The number of fused-ring (bicyclic) bond motifs is 5. The van der Waals surface area contributed by atoms with E-state index >= 15 is 0 Å². The number of para-hydroxylation sites is 3. The maximum absolute atomic E-state index is 2.51. The molecule has 2 heterocycles. The van der Waals surface area contributed by atoms with Gasteiger partial charge in [0.15, 0.2) is 0 Å². The first-order valence-electron chi connectivity index (χ1n) is 13.7. The first-order chi connectivity index (χ1) is 19.9. The van der Waals surface area contributed by atoms with Crippen LogP contribution in [0.3, 0.4) is 0 Å². The summed E-state index contributed by atoms with van der Waals surface area (Å²) in [6.45, 7) is 0. The second-order valence-electron chi connectivity index (χ2n) is 10.2. The largest absolute Gasteiger partial charge is 0.316 e.